The van der Waals surface area contributed by atoms with Crippen molar-refractivity contribution >= 4 is 34.8 Å². The number of carbonyl (C=O) groups excluding carboxylic acids is 2. The van der Waals surface area contributed by atoms with Gasteiger partial charge in [0.1, 0.15) is 5.01 Å². The topological polar surface area (TPSA) is 68.3 Å². The van der Waals surface area contributed by atoms with Crippen molar-refractivity contribution in [1.29, 1.82) is 0 Å². The standard InChI is InChI=1S/C20H23ClN2O3S/c1-12-6-3-4-9-16(12)22-18(24)13(2)26-20(25)17-11-27-19(23-17)14-7-5-8-15(21)10-14/h5,7-8,10-13,16H,3-4,6,9H2,1-2H3,(H,22,24)/t12-,13+,16-/m0/s1. The Hall–Kier alpha value is -1.92. The molecule has 0 spiro atoms. The molecule has 1 aliphatic carbocycles. The van der Waals surface area contributed by atoms with Gasteiger partial charge in [0.05, 0.1) is 0 Å². The molecule has 3 atom stereocenters. The van der Waals surface area contributed by atoms with Crippen LogP contribution in [0.15, 0.2) is 29.6 Å². The zero-order chi connectivity index (χ0) is 19.4. The second-order valence-electron chi connectivity index (χ2n) is 6.97. The highest BCUT2D eigenvalue weighted by Crippen LogP contribution is 2.27. The van der Waals surface area contributed by atoms with Crippen molar-refractivity contribution in [2.75, 3.05) is 0 Å². The molecule has 1 aromatic carbocycles. The molecule has 1 N–H and O–H groups in total. The van der Waals surface area contributed by atoms with Gasteiger partial charge >= 0.3 is 5.97 Å². The van der Waals surface area contributed by atoms with E-state index < -0.39 is 12.1 Å². The number of thiazole rings is 1. The molecule has 0 radical (unpaired) electrons. The van der Waals surface area contributed by atoms with Gasteiger partial charge in [-0.25, -0.2) is 9.78 Å². The number of amides is 1. The van der Waals surface area contributed by atoms with E-state index in [-0.39, 0.29) is 17.6 Å². The smallest absolute Gasteiger partial charge is 0.358 e. The fraction of sp³-hybridized carbons (Fsp3) is 0.450. The van der Waals surface area contributed by atoms with Crippen LogP contribution in [0.4, 0.5) is 0 Å². The van der Waals surface area contributed by atoms with Crippen LogP contribution in [0.2, 0.25) is 5.02 Å². The number of rotatable bonds is 5. The summed E-state index contributed by atoms with van der Waals surface area (Å²) in [6, 6.07) is 7.43. The third-order valence-electron chi connectivity index (χ3n) is 4.88. The summed E-state index contributed by atoms with van der Waals surface area (Å²) in [6.07, 6.45) is 3.56. The molecule has 0 saturated heterocycles. The van der Waals surface area contributed by atoms with Crippen molar-refractivity contribution in [2.24, 2.45) is 5.92 Å². The minimum atomic E-state index is -0.858. The maximum Gasteiger partial charge on any atom is 0.358 e. The first kappa shape index (κ1) is 19.8. The summed E-state index contributed by atoms with van der Waals surface area (Å²) in [5.74, 6) is -0.407. The van der Waals surface area contributed by atoms with Crippen molar-refractivity contribution in [1.82, 2.24) is 10.3 Å². The van der Waals surface area contributed by atoms with E-state index in [2.05, 4.69) is 17.2 Å². The summed E-state index contributed by atoms with van der Waals surface area (Å²) in [4.78, 5) is 29.0. The second-order valence-corrected chi connectivity index (χ2v) is 8.27. The molecule has 0 bridgehead atoms. The summed E-state index contributed by atoms with van der Waals surface area (Å²) in [5, 5.41) is 5.93. The van der Waals surface area contributed by atoms with Gasteiger partial charge in [0.25, 0.3) is 5.91 Å². The molecular formula is C20H23ClN2O3S. The molecule has 1 aromatic heterocycles. The lowest BCUT2D eigenvalue weighted by Crippen LogP contribution is -2.46. The first-order chi connectivity index (χ1) is 12.9. The number of nitrogens with one attached hydrogen (secondary N) is 1. The van der Waals surface area contributed by atoms with Gasteiger partial charge in [-0.15, -0.1) is 11.3 Å². The summed E-state index contributed by atoms with van der Waals surface area (Å²) in [6.45, 7) is 3.73. The van der Waals surface area contributed by atoms with Crippen LogP contribution in [0, 0.1) is 5.92 Å². The van der Waals surface area contributed by atoms with Gasteiger partial charge < -0.3 is 10.1 Å². The Morgan fingerprint density at radius 3 is 2.85 bits per heavy atom. The van der Waals surface area contributed by atoms with Gasteiger partial charge in [-0.3, -0.25) is 4.79 Å². The number of hydrogen-bond donors (Lipinski definition) is 1. The molecule has 1 fully saturated rings. The second kappa shape index (κ2) is 8.85. The van der Waals surface area contributed by atoms with Crippen LogP contribution >= 0.6 is 22.9 Å². The Morgan fingerprint density at radius 1 is 1.33 bits per heavy atom. The van der Waals surface area contributed by atoms with Gasteiger partial charge in [-0.2, -0.15) is 0 Å². The van der Waals surface area contributed by atoms with Gasteiger partial charge in [-0.1, -0.05) is 43.5 Å². The van der Waals surface area contributed by atoms with Crippen LogP contribution in [0.5, 0.6) is 0 Å². The third-order valence-corrected chi connectivity index (χ3v) is 6.00. The maximum atomic E-state index is 12.4. The largest absolute Gasteiger partial charge is 0.448 e. The minimum Gasteiger partial charge on any atom is -0.448 e. The Kier molecular flexibility index (Phi) is 6.50. The van der Waals surface area contributed by atoms with E-state index in [0.29, 0.717) is 15.9 Å². The summed E-state index contributed by atoms with van der Waals surface area (Å²) in [7, 11) is 0. The van der Waals surface area contributed by atoms with E-state index in [9.17, 15) is 9.59 Å². The highest BCUT2D eigenvalue weighted by molar-refractivity contribution is 7.13. The zero-order valence-corrected chi connectivity index (χ0v) is 17.0. The average Bonchev–Trinajstić information content (AvgIpc) is 3.14. The van der Waals surface area contributed by atoms with Crippen molar-refractivity contribution in [3.05, 3.63) is 40.4 Å². The van der Waals surface area contributed by atoms with E-state index in [1.54, 1.807) is 24.4 Å². The lowest BCUT2D eigenvalue weighted by atomic mass is 9.86. The quantitative estimate of drug-likeness (QED) is 0.730. The molecule has 0 aliphatic heterocycles. The van der Waals surface area contributed by atoms with Gasteiger partial charge in [0.15, 0.2) is 11.8 Å². The Morgan fingerprint density at radius 2 is 2.11 bits per heavy atom. The fourth-order valence-electron chi connectivity index (χ4n) is 3.23. The Balaban J connectivity index is 1.59. The number of benzene rings is 1. The number of esters is 1. The van der Waals surface area contributed by atoms with E-state index >= 15 is 0 Å². The summed E-state index contributed by atoms with van der Waals surface area (Å²) in [5.41, 5.74) is 1.03. The minimum absolute atomic E-state index is 0.154. The zero-order valence-electron chi connectivity index (χ0n) is 15.4. The van der Waals surface area contributed by atoms with Crippen LogP contribution in [0.3, 0.4) is 0 Å². The molecule has 144 valence electrons. The van der Waals surface area contributed by atoms with Crippen LogP contribution in [0.25, 0.3) is 10.6 Å². The predicted molar refractivity (Wildman–Crippen MR) is 107 cm³/mol. The molecule has 2 aromatic rings. The molecule has 1 amide bonds. The molecule has 5 nitrogen and oxygen atoms in total. The molecule has 1 heterocycles. The first-order valence-corrected chi connectivity index (χ1v) is 10.4. The number of ether oxygens (including phenoxy) is 1. The van der Waals surface area contributed by atoms with Crippen molar-refractivity contribution in [3.8, 4) is 10.6 Å². The molecule has 27 heavy (non-hydrogen) atoms. The van der Waals surface area contributed by atoms with Crippen LogP contribution in [-0.4, -0.2) is 29.0 Å². The number of carbonyl (C=O) groups is 2. The number of nitrogens with zero attached hydrogens (tertiary/aromatic N) is 1. The molecule has 0 unspecified atom stereocenters. The summed E-state index contributed by atoms with van der Waals surface area (Å²) >= 11 is 7.33. The van der Waals surface area contributed by atoms with Crippen LogP contribution in [0.1, 0.15) is 50.0 Å². The number of hydrogen-bond acceptors (Lipinski definition) is 5. The Bertz CT molecular complexity index is 823. The number of aromatic nitrogens is 1. The lowest BCUT2D eigenvalue weighted by molar-refractivity contribution is -0.130. The molecule has 1 aliphatic rings. The predicted octanol–water partition coefficient (Wildman–Crippen LogP) is 4.70. The molecule has 7 heteroatoms. The SMILES string of the molecule is C[C@@H](OC(=O)c1csc(-c2cccc(Cl)c2)n1)C(=O)N[C@H]1CCCC[C@@H]1C. The normalized spacial score (nSPS) is 20.7. The Labute approximate surface area is 168 Å². The van der Waals surface area contributed by atoms with Gasteiger partial charge in [0, 0.05) is 22.0 Å². The molecule has 1 saturated carbocycles. The van der Waals surface area contributed by atoms with E-state index in [4.69, 9.17) is 16.3 Å². The van der Waals surface area contributed by atoms with Crippen molar-refractivity contribution < 1.29 is 14.3 Å². The van der Waals surface area contributed by atoms with Gasteiger partial charge in [0.2, 0.25) is 0 Å². The highest BCUT2D eigenvalue weighted by atomic mass is 35.5. The monoisotopic (exact) mass is 406 g/mol. The summed E-state index contributed by atoms with van der Waals surface area (Å²) < 4.78 is 5.32. The average molecular weight is 407 g/mol. The third kappa shape index (κ3) is 5.08. The number of halogens is 1. The molecule has 3 rings (SSSR count). The van der Waals surface area contributed by atoms with Crippen molar-refractivity contribution in [3.63, 3.8) is 0 Å². The van der Waals surface area contributed by atoms with E-state index in [1.165, 1.54) is 17.8 Å². The van der Waals surface area contributed by atoms with Crippen LogP contribution in [-0.2, 0) is 9.53 Å². The fourth-order valence-corrected chi connectivity index (χ4v) is 4.20. The molecular weight excluding hydrogens is 384 g/mol. The van der Waals surface area contributed by atoms with Crippen molar-refractivity contribution in [2.45, 2.75) is 51.7 Å². The van der Waals surface area contributed by atoms with Gasteiger partial charge in [-0.05, 0) is 37.8 Å². The van der Waals surface area contributed by atoms with E-state index in [1.807, 2.05) is 12.1 Å². The lowest BCUT2D eigenvalue weighted by Gasteiger charge is -2.30. The van der Waals surface area contributed by atoms with Crippen LogP contribution < -0.4 is 5.32 Å². The first-order valence-electron chi connectivity index (χ1n) is 9.17. The maximum absolute atomic E-state index is 12.4. The highest BCUT2D eigenvalue weighted by Gasteiger charge is 2.27. The van der Waals surface area contributed by atoms with E-state index in [0.717, 1.165) is 24.8 Å².